The van der Waals surface area contributed by atoms with Crippen molar-refractivity contribution >= 4 is 43.6 Å². The molecular weight excluding hydrogens is 870 g/mol. The van der Waals surface area contributed by atoms with Gasteiger partial charge in [-0.1, -0.05) is 108 Å². The average molecular weight is 915 g/mol. The molecule has 0 saturated heterocycles. The number of fused-ring (bicyclic) bond motifs is 6. The fraction of sp³-hybridized carbons (Fsp3) is 0.111. The second-order valence-electron chi connectivity index (χ2n) is 18.7. The summed E-state index contributed by atoms with van der Waals surface area (Å²) in [6.07, 6.45) is -4.73. The van der Waals surface area contributed by atoms with E-state index < -0.39 is 11.7 Å². The topological polar surface area (TPSA) is 57.4 Å². The summed E-state index contributed by atoms with van der Waals surface area (Å²) in [6.45, 7) is 12.8. The Kier molecular flexibility index (Phi) is 10.4. The van der Waals surface area contributed by atoms with Crippen LogP contribution in [0.1, 0.15) is 50.1 Å². The molecule has 0 radical (unpaired) electrons. The fourth-order valence-corrected chi connectivity index (χ4v) is 11.3. The molecule has 0 saturated carbocycles. The quantitative estimate of drug-likeness (QED) is 0.167. The van der Waals surface area contributed by atoms with Crippen molar-refractivity contribution in [3.05, 3.63) is 214 Å². The van der Waals surface area contributed by atoms with Crippen LogP contribution >= 0.6 is 0 Å². The molecule has 338 valence electrons. The van der Waals surface area contributed by atoms with Gasteiger partial charge in [0.05, 0.1) is 62.3 Å². The van der Waals surface area contributed by atoms with Crippen LogP contribution in [0.5, 0.6) is 0 Å². The monoisotopic (exact) mass is 914 g/mol. The molecule has 70 heavy (non-hydrogen) atoms. The van der Waals surface area contributed by atoms with Crippen molar-refractivity contribution in [2.45, 2.75) is 47.7 Å². The number of halogens is 3. The number of para-hydroxylation sites is 2. The van der Waals surface area contributed by atoms with Crippen molar-refractivity contribution in [3.63, 3.8) is 0 Å². The summed E-state index contributed by atoms with van der Waals surface area (Å²) in [4.78, 5) is 0. The maximum atomic E-state index is 15.0. The van der Waals surface area contributed by atoms with Crippen LogP contribution in [0.15, 0.2) is 164 Å². The highest BCUT2D eigenvalue weighted by Crippen LogP contribution is 2.46. The molecular formula is C63H45F3N4. The molecule has 2 aromatic heterocycles. The first-order chi connectivity index (χ1) is 33.7. The van der Waals surface area contributed by atoms with E-state index in [9.17, 15) is 10.5 Å². The van der Waals surface area contributed by atoms with E-state index in [2.05, 4.69) is 142 Å². The minimum atomic E-state index is -4.73. The molecule has 0 aliphatic rings. The van der Waals surface area contributed by atoms with Gasteiger partial charge in [0.15, 0.2) is 0 Å². The first-order valence-electron chi connectivity index (χ1n) is 23.3. The number of alkyl halides is 3. The van der Waals surface area contributed by atoms with Gasteiger partial charge in [-0.05, 0) is 164 Å². The molecule has 11 rings (SSSR count). The Morgan fingerprint density at radius 1 is 0.386 bits per heavy atom. The van der Waals surface area contributed by atoms with Gasteiger partial charge in [-0.3, -0.25) is 0 Å². The third kappa shape index (κ3) is 7.13. The largest absolute Gasteiger partial charge is 0.417 e. The Balaban J connectivity index is 1.22. The zero-order valence-corrected chi connectivity index (χ0v) is 39.5. The second kappa shape index (κ2) is 16.5. The van der Waals surface area contributed by atoms with Gasteiger partial charge in [-0.2, -0.15) is 23.7 Å². The van der Waals surface area contributed by atoms with Crippen LogP contribution in [0.25, 0.3) is 99.5 Å². The molecule has 0 bridgehead atoms. The van der Waals surface area contributed by atoms with E-state index in [1.54, 1.807) is 12.1 Å². The number of aryl methyl sites for hydroxylation is 6. The van der Waals surface area contributed by atoms with E-state index in [0.29, 0.717) is 16.8 Å². The summed E-state index contributed by atoms with van der Waals surface area (Å²) in [5.74, 6) is 0. The van der Waals surface area contributed by atoms with E-state index in [1.165, 1.54) is 51.1 Å². The van der Waals surface area contributed by atoms with Gasteiger partial charge in [0.25, 0.3) is 0 Å². The first kappa shape index (κ1) is 43.9. The lowest BCUT2D eigenvalue weighted by Crippen LogP contribution is -2.08. The predicted molar refractivity (Wildman–Crippen MR) is 280 cm³/mol. The van der Waals surface area contributed by atoms with E-state index in [1.807, 2.05) is 54.6 Å². The summed E-state index contributed by atoms with van der Waals surface area (Å²) in [7, 11) is 0. The lowest BCUT2D eigenvalue weighted by Gasteiger charge is -2.21. The van der Waals surface area contributed by atoms with Gasteiger partial charge in [0.1, 0.15) is 0 Å². The minimum Gasteiger partial charge on any atom is -0.309 e. The van der Waals surface area contributed by atoms with Crippen molar-refractivity contribution in [1.82, 2.24) is 9.13 Å². The summed E-state index contributed by atoms with van der Waals surface area (Å²) in [6, 6.07) is 57.5. The van der Waals surface area contributed by atoms with Crippen LogP contribution in [0.3, 0.4) is 0 Å². The van der Waals surface area contributed by atoms with Crippen LogP contribution in [0.2, 0.25) is 0 Å². The second-order valence-corrected chi connectivity index (χ2v) is 18.7. The number of hydrogen-bond acceptors (Lipinski definition) is 2. The van der Waals surface area contributed by atoms with E-state index in [0.717, 1.165) is 83.2 Å². The number of nitriles is 2. The number of nitrogens with zero attached hydrogens (tertiary/aromatic N) is 4. The molecule has 4 nitrogen and oxygen atoms in total. The van der Waals surface area contributed by atoms with E-state index in [-0.39, 0.29) is 11.1 Å². The Labute approximate surface area is 404 Å². The van der Waals surface area contributed by atoms with Crippen molar-refractivity contribution < 1.29 is 13.2 Å². The lowest BCUT2D eigenvalue weighted by molar-refractivity contribution is -0.137. The molecule has 2 heterocycles. The molecule has 7 heteroatoms. The summed E-state index contributed by atoms with van der Waals surface area (Å²) in [5, 5.41) is 24.3. The summed E-state index contributed by atoms with van der Waals surface area (Å²) < 4.78 is 49.4. The molecule has 0 spiro atoms. The zero-order valence-electron chi connectivity index (χ0n) is 39.5. The van der Waals surface area contributed by atoms with Crippen molar-refractivity contribution in [2.75, 3.05) is 0 Å². The molecule has 0 fully saturated rings. The Hall–Kier alpha value is -8.65. The first-order valence-corrected chi connectivity index (χ1v) is 23.3. The summed E-state index contributed by atoms with van der Waals surface area (Å²) >= 11 is 0. The van der Waals surface area contributed by atoms with Crippen LogP contribution in [0, 0.1) is 64.2 Å². The van der Waals surface area contributed by atoms with Gasteiger partial charge in [0, 0.05) is 32.7 Å². The molecule has 0 aliphatic heterocycles. The van der Waals surface area contributed by atoms with E-state index >= 15 is 13.2 Å². The molecule has 0 atom stereocenters. The number of rotatable bonds is 6. The molecule has 0 amide bonds. The van der Waals surface area contributed by atoms with Gasteiger partial charge < -0.3 is 9.13 Å². The van der Waals surface area contributed by atoms with Crippen molar-refractivity contribution in [1.29, 1.82) is 10.5 Å². The van der Waals surface area contributed by atoms with Crippen LogP contribution in [-0.2, 0) is 6.18 Å². The number of benzene rings is 9. The fourth-order valence-electron chi connectivity index (χ4n) is 11.3. The SMILES string of the molecule is Cc1cc(C)c(-c2ccc3c(c2)c2ccccc2n3-c2cc(C#N)ccc2-c2ccc(-c3ccc(C#N)cc3C(F)(F)F)cc2-n2c3ccccc3c3cc(-c4c(C)cc(C)cc4C)ccc32)c(C)c1. The molecule has 0 N–H and O–H groups in total. The highest BCUT2D eigenvalue weighted by molar-refractivity contribution is 6.13. The van der Waals surface area contributed by atoms with Crippen molar-refractivity contribution in [3.8, 4) is 68.0 Å². The number of hydrogen-bond donors (Lipinski definition) is 0. The third-order valence-electron chi connectivity index (χ3n) is 13.9. The van der Waals surface area contributed by atoms with Crippen molar-refractivity contribution in [2.24, 2.45) is 0 Å². The standard InChI is InChI=1S/C63H45F3N4/c1-36-25-38(3)61(39(4)26-36)45-18-23-57-52(31-45)48-11-7-9-13-55(48)69(57)59-30-43(35-68)16-21-50(59)51-22-17-44(47-20-15-42(34-67)29-54(47)63(64,65)66)33-60(51)70-56-14-10-8-12-49(56)53-32-46(19-24-58(53)70)62-40(5)27-37(2)28-41(62)6/h7-33H,1-6H3. The molecule has 9 aromatic carbocycles. The van der Waals surface area contributed by atoms with E-state index in [4.69, 9.17) is 0 Å². The Bertz CT molecular complexity index is 4050. The zero-order chi connectivity index (χ0) is 48.7. The highest BCUT2D eigenvalue weighted by Gasteiger charge is 2.34. The van der Waals surface area contributed by atoms with Crippen LogP contribution in [-0.4, -0.2) is 9.13 Å². The van der Waals surface area contributed by atoms with Gasteiger partial charge in [-0.15, -0.1) is 0 Å². The predicted octanol–water partition coefficient (Wildman–Crippen LogP) is 17.2. The molecule has 0 unspecified atom stereocenters. The molecule has 0 aliphatic carbocycles. The van der Waals surface area contributed by atoms with Crippen LogP contribution < -0.4 is 0 Å². The number of aromatic nitrogens is 2. The third-order valence-corrected chi connectivity index (χ3v) is 13.9. The summed E-state index contributed by atoms with van der Waals surface area (Å²) in [5.41, 5.74) is 18.1. The van der Waals surface area contributed by atoms with Gasteiger partial charge >= 0.3 is 6.18 Å². The lowest BCUT2D eigenvalue weighted by atomic mass is 9.92. The smallest absolute Gasteiger partial charge is 0.309 e. The normalized spacial score (nSPS) is 11.8. The Morgan fingerprint density at radius 2 is 0.786 bits per heavy atom. The Morgan fingerprint density at radius 3 is 1.26 bits per heavy atom. The van der Waals surface area contributed by atoms with Gasteiger partial charge in [-0.25, -0.2) is 0 Å². The van der Waals surface area contributed by atoms with Crippen LogP contribution in [0.4, 0.5) is 13.2 Å². The highest BCUT2D eigenvalue weighted by atomic mass is 19.4. The maximum Gasteiger partial charge on any atom is 0.417 e. The average Bonchev–Trinajstić information content (AvgIpc) is 3.85. The molecule has 11 aromatic rings. The van der Waals surface area contributed by atoms with Gasteiger partial charge in [0.2, 0.25) is 0 Å². The minimum absolute atomic E-state index is 0.0371. The maximum absolute atomic E-state index is 15.0.